The molecule has 4 heteroatoms. The van der Waals surface area contributed by atoms with Crippen molar-refractivity contribution >= 4 is 12.0 Å². The molecule has 0 spiro atoms. The van der Waals surface area contributed by atoms with E-state index in [-0.39, 0.29) is 17.2 Å². The van der Waals surface area contributed by atoms with Gasteiger partial charge in [0.05, 0.1) is 7.11 Å². The van der Waals surface area contributed by atoms with Crippen LogP contribution in [0, 0.1) is 0 Å². The highest BCUT2D eigenvalue weighted by Gasteiger charge is 2.15. The van der Waals surface area contributed by atoms with E-state index >= 15 is 0 Å². The zero-order valence-electron chi connectivity index (χ0n) is 9.48. The quantitative estimate of drug-likeness (QED) is 0.630. The van der Waals surface area contributed by atoms with Crippen molar-refractivity contribution in [2.45, 2.75) is 13.8 Å². The third kappa shape index (κ3) is 2.53. The van der Waals surface area contributed by atoms with E-state index in [1.54, 1.807) is 18.2 Å². The molecule has 0 amide bonds. The molecule has 0 heterocycles. The number of methoxy groups -OCH3 is 1. The molecule has 0 aliphatic heterocycles. The fourth-order valence-electron chi connectivity index (χ4n) is 1.32. The summed E-state index contributed by atoms with van der Waals surface area (Å²) in [6.45, 7) is 3.14. The molecule has 0 fully saturated rings. The van der Waals surface area contributed by atoms with E-state index in [2.05, 4.69) is 0 Å². The van der Waals surface area contributed by atoms with Crippen LogP contribution in [0.2, 0.25) is 0 Å². The Bertz CT molecular complexity index is 421. The lowest BCUT2D eigenvalue weighted by Crippen LogP contribution is -2.04. The van der Waals surface area contributed by atoms with Gasteiger partial charge in [0.1, 0.15) is 0 Å². The average Bonchev–Trinajstić information content (AvgIpc) is 2.22. The normalized spacial score (nSPS) is 10.4. The standard InChI is InChI=1S/C12H14O4/c1-4-5-9-6-7-10(14)12(15-3)11(9)16-8(2)13/h4-7,14H,1-3H3/b5-4+. The van der Waals surface area contributed by atoms with Crippen LogP contribution in [0.25, 0.3) is 6.08 Å². The molecule has 0 unspecified atom stereocenters. The summed E-state index contributed by atoms with van der Waals surface area (Å²) in [5, 5.41) is 9.56. The van der Waals surface area contributed by atoms with Crippen LogP contribution in [-0.4, -0.2) is 18.2 Å². The SMILES string of the molecule is C/C=C/c1ccc(O)c(OC)c1OC(C)=O. The minimum atomic E-state index is -0.463. The Balaban J connectivity index is 3.34. The van der Waals surface area contributed by atoms with Crippen LogP contribution >= 0.6 is 0 Å². The van der Waals surface area contributed by atoms with Crippen molar-refractivity contribution in [3.63, 3.8) is 0 Å². The van der Waals surface area contributed by atoms with E-state index in [4.69, 9.17) is 9.47 Å². The molecule has 16 heavy (non-hydrogen) atoms. The Morgan fingerprint density at radius 2 is 2.06 bits per heavy atom. The topological polar surface area (TPSA) is 55.8 Å². The van der Waals surface area contributed by atoms with Crippen molar-refractivity contribution in [2.24, 2.45) is 0 Å². The molecule has 0 bridgehead atoms. The van der Waals surface area contributed by atoms with E-state index in [1.165, 1.54) is 20.1 Å². The second-order valence-corrected chi connectivity index (χ2v) is 3.13. The Kier molecular flexibility index (Phi) is 3.94. The summed E-state index contributed by atoms with van der Waals surface area (Å²) in [6.07, 6.45) is 3.57. The average molecular weight is 222 g/mol. The number of carbonyl (C=O) groups excluding carboxylic acids is 1. The smallest absolute Gasteiger partial charge is 0.308 e. The van der Waals surface area contributed by atoms with Gasteiger partial charge in [0.15, 0.2) is 11.5 Å². The summed E-state index contributed by atoms with van der Waals surface area (Å²) < 4.78 is 10.0. The van der Waals surface area contributed by atoms with Gasteiger partial charge in [0.25, 0.3) is 0 Å². The van der Waals surface area contributed by atoms with Crippen LogP contribution in [0.5, 0.6) is 17.2 Å². The highest BCUT2D eigenvalue weighted by molar-refractivity contribution is 5.75. The maximum Gasteiger partial charge on any atom is 0.308 e. The van der Waals surface area contributed by atoms with Gasteiger partial charge in [-0.1, -0.05) is 12.2 Å². The fraction of sp³-hybridized carbons (Fsp3) is 0.250. The lowest BCUT2D eigenvalue weighted by molar-refractivity contribution is -0.132. The van der Waals surface area contributed by atoms with Gasteiger partial charge in [-0.25, -0.2) is 0 Å². The third-order valence-electron chi connectivity index (χ3n) is 1.92. The van der Waals surface area contributed by atoms with Crippen LogP contribution in [-0.2, 0) is 4.79 Å². The molecular weight excluding hydrogens is 208 g/mol. The number of carbonyl (C=O) groups is 1. The second kappa shape index (κ2) is 5.21. The van der Waals surface area contributed by atoms with E-state index < -0.39 is 5.97 Å². The minimum absolute atomic E-state index is 0.0630. The number of hydrogen-bond donors (Lipinski definition) is 1. The zero-order valence-corrected chi connectivity index (χ0v) is 9.48. The van der Waals surface area contributed by atoms with Crippen molar-refractivity contribution in [1.82, 2.24) is 0 Å². The first-order valence-corrected chi connectivity index (χ1v) is 4.81. The van der Waals surface area contributed by atoms with E-state index in [9.17, 15) is 9.90 Å². The third-order valence-corrected chi connectivity index (χ3v) is 1.92. The Morgan fingerprint density at radius 3 is 2.56 bits per heavy atom. The van der Waals surface area contributed by atoms with Gasteiger partial charge in [-0.05, 0) is 19.1 Å². The summed E-state index contributed by atoms with van der Waals surface area (Å²) in [5.41, 5.74) is 0.673. The van der Waals surface area contributed by atoms with Gasteiger partial charge in [-0.2, -0.15) is 0 Å². The number of allylic oxidation sites excluding steroid dienone is 1. The van der Waals surface area contributed by atoms with Gasteiger partial charge < -0.3 is 14.6 Å². The van der Waals surface area contributed by atoms with Gasteiger partial charge >= 0.3 is 5.97 Å². The minimum Gasteiger partial charge on any atom is -0.504 e. The predicted octanol–water partition coefficient (Wildman–Crippen LogP) is 2.36. The van der Waals surface area contributed by atoms with E-state index in [1.807, 2.05) is 6.92 Å². The van der Waals surface area contributed by atoms with Crippen LogP contribution in [0.3, 0.4) is 0 Å². The molecule has 0 atom stereocenters. The number of hydrogen-bond acceptors (Lipinski definition) is 4. The van der Waals surface area contributed by atoms with Crippen molar-refractivity contribution in [3.8, 4) is 17.2 Å². The van der Waals surface area contributed by atoms with E-state index in [0.717, 1.165) is 0 Å². The number of aromatic hydroxyl groups is 1. The number of rotatable bonds is 3. The number of benzene rings is 1. The lowest BCUT2D eigenvalue weighted by Gasteiger charge is -2.12. The summed E-state index contributed by atoms with van der Waals surface area (Å²) >= 11 is 0. The van der Waals surface area contributed by atoms with Crippen molar-refractivity contribution in [2.75, 3.05) is 7.11 Å². The van der Waals surface area contributed by atoms with Gasteiger partial charge in [0.2, 0.25) is 5.75 Å². The van der Waals surface area contributed by atoms with Crippen LogP contribution < -0.4 is 9.47 Å². The van der Waals surface area contributed by atoms with Gasteiger partial charge in [-0.3, -0.25) is 4.79 Å². The number of phenolic OH excluding ortho intramolecular Hbond substituents is 1. The molecule has 0 radical (unpaired) electrons. The van der Waals surface area contributed by atoms with Crippen molar-refractivity contribution in [1.29, 1.82) is 0 Å². The summed E-state index contributed by atoms with van der Waals surface area (Å²) in [7, 11) is 1.40. The zero-order chi connectivity index (χ0) is 12.1. The molecular formula is C12H14O4. The molecule has 0 aromatic heterocycles. The fourth-order valence-corrected chi connectivity index (χ4v) is 1.32. The molecule has 1 rings (SSSR count). The number of ether oxygens (including phenoxy) is 2. The van der Waals surface area contributed by atoms with Crippen molar-refractivity contribution in [3.05, 3.63) is 23.8 Å². The molecule has 0 saturated carbocycles. The van der Waals surface area contributed by atoms with Crippen LogP contribution in [0.1, 0.15) is 19.4 Å². The first-order chi connectivity index (χ1) is 7.60. The first kappa shape index (κ1) is 12.1. The highest BCUT2D eigenvalue weighted by Crippen LogP contribution is 2.39. The maximum atomic E-state index is 11.0. The number of phenols is 1. The first-order valence-electron chi connectivity index (χ1n) is 4.81. The Morgan fingerprint density at radius 1 is 1.38 bits per heavy atom. The maximum absolute atomic E-state index is 11.0. The summed E-state index contributed by atoms with van der Waals surface area (Å²) in [4.78, 5) is 11.0. The summed E-state index contributed by atoms with van der Waals surface area (Å²) in [5.74, 6) is -0.138. The van der Waals surface area contributed by atoms with Crippen LogP contribution in [0.4, 0.5) is 0 Å². The van der Waals surface area contributed by atoms with Crippen LogP contribution in [0.15, 0.2) is 18.2 Å². The Labute approximate surface area is 94.1 Å². The predicted molar refractivity (Wildman–Crippen MR) is 60.7 cm³/mol. The largest absolute Gasteiger partial charge is 0.504 e. The van der Waals surface area contributed by atoms with Gasteiger partial charge in [0, 0.05) is 12.5 Å². The molecule has 0 aliphatic rings. The highest BCUT2D eigenvalue weighted by atomic mass is 16.6. The molecule has 0 aliphatic carbocycles. The second-order valence-electron chi connectivity index (χ2n) is 3.13. The molecule has 4 nitrogen and oxygen atoms in total. The molecule has 1 aromatic carbocycles. The lowest BCUT2D eigenvalue weighted by atomic mass is 10.1. The van der Waals surface area contributed by atoms with E-state index in [0.29, 0.717) is 5.56 Å². The molecule has 0 saturated heterocycles. The Hall–Kier alpha value is -1.97. The number of esters is 1. The molecule has 86 valence electrons. The monoisotopic (exact) mass is 222 g/mol. The molecule has 1 aromatic rings. The molecule has 1 N–H and O–H groups in total. The van der Waals surface area contributed by atoms with Gasteiger partial charge in [-0.15, -0.1) is 0 Å². The summed E-state index contributed by atoms with van der Waals surface area (Å²) in [6, 6.07) is 3.14. The van der Waals surface area contributed by atoms with Crippen molar-refractivity contribution < 1.29 is 19.4 Å².